The molecule has 0 aliphatic carbocycles. The average molecular weight is 282 g/mol. The first-order chi connectivity index (χ1) is 9.24. The highest BCUT2D eigenvalue weighted by atomic mass is 32.1. The minimum absolute atomic E-state index is 0.213. The zero-order valence-electron chi connectivity index (χ0n) is 11.3. The van der Waals surface area contributed by atoms with Crippen molar-refractivity contribution in [1.29, 1.82) is 0 Å². The first-order valence-corrected chi connectivity index (χ1v) is 7.09. The van der Waals surface area contributed by atoms with Gasteiger partial charge in [-0.25, -0.2) is 4.79 Å². The summed E-state index contributed by atoms with van der Waals surface area (Å²) >= 11 is 4.27. The van der Waals surface area contributed by atoms with Gasteiger partial charge in [0.05, 0.1) is 5.69 Å². The van der Waals surface area contributed by atoms with Gasteiger partial charge in [-0.2, -0.15) is 0 Å². The maximum Gasteiger partial charge on any atom is 0.319 e. The Hall–Kier alpha value is -1.20. The van der Waals surface area contributed by atoms with Crippen LogP contribution in [0.5, 0.6) is 0 Å². The molecule has 0 aromatic heterocycles. The van der Waals surface area contributed by atoms with Crippen molar-refractivity contribution in [1.82, 2.24) is 5.32 Å². The lowest BCUT2D eigenvalue weighted by molar-refractivity contribution is 0.129. The highest BCUT2D eigenvalue weighted by molar-refractivity contribution is 7.80. The van der Waals surface area contributed by atoms with Gasteiger partial charge in [0.25, 0.3) is 0 Å². The monoisotopic (exact) mass is 282 g/mol. The molecule has 106 valence electrons. The Bertz CT molecular complexity index is 385. The van der Waals surface area contributed by atoms with Gasteiger partial charge in [0, 0.05) is 24.7 Å². The van der Waals surface area contributed by atoms with Crippen molar-refractivity contribution in [3.8, 4) is 0 Å². The largest absolute Gasteiger partial charge is 0.381 e. The van der Waals surface area contributed by atoms with Crippen LogP contribution in [-0.2, 0) is 4.74 Å². The van der Waals surface area contributed by atoms with E-state index in [0.29, 0.717) is 18.8 Å². The van der Waals surface area contributed by atoms with E-state index in [0.717, 1.165) is 30.8 Å². The number of anilines is 1. The van der Waals surface area contributed by atoms with Gasteiger partial charge in [0.15, 0.2) is 0 Å². The molecule has 0 saturated carbocycles. The van der Waals surface area contributed by atoms with Crippen LogP contribution in [0, 0.1) is 0 Å². The molecule has 0 spiro atoms. The van der Waals surface area contributed by atoms with E-state index in [1.165, 1.54) is 0 Å². The number of nitrogens with one attached hydrogen (secondary N) is 2. The van der Waals surface area contributed by atoms with Gasteiger partial charge in [-0.05, 0) is 25.0 Å². The quantitative estimate of drug-likeness (QED) is 0.506. The molecule has 0 saturated heterocycles. The number of carbonyl (C=O) groups excluding carboxylic acids is 1. The number of rotatable bonds is 8. The van der Waals surface area contributed by atoms with E-state index >= 15 is 0 Å². The van der Waals surface area contributed by atoms with Crippen LogP contribution >= 0.6 is 12.6 Å². The summed E-state index contributed by atoms with van der Waals surface area (Å²) in [4.78, 5) is 12.4. The Labute approximate surface area is 120 Å². The van der Waals surface area contributed by atoms with Gasteiger partial charge in [-0.1, -0.05) is 25.5 Å². The smallest absolute Gasteiger partial charge is 0.319 e. The van der Waals surface area contributed by atoms with Gasteiger partial charge < -0.3 is 15.4 Å². The minimum atomic E-state index is -0.213. The van der Waals surface area contributed by atoms with Gasteiger partial charge in [-0.3, -0.25) is 0 Å². The van der Waals surface area contributed by atoms with E-state index in [2.05, 4.69) is 30.2 Å². The van der Waals surface area contributed by atoms with E-state index in [1.54, 1.807) is 0 Å². The lowest BCUT2D eigenvalue weighted by Crippen LogP contribution is -2.30. The summed E-state index contributed by atoms with van der Waals surface area (Å²) in [5.74, 6) is 0. The Morgan fingerprint density at radius 2 is 2.00 bits per heavy atom. The van der Waals surface area contributed by atoms with Crippen molar-refractivity contribution in [3.63, 3.8) is 0 Å². The number of unbranched alkanes of at least 4 members (excludes halogenated alkanes) is 1. The molecule has 0 heterocycles. The second-order valence-corrected chi connectivity index (χ2v) is 4.70. The van der Waals surface area contributed by atoms with Crippen LogP contribution in [0.3, 0.4) is 0 Å². The lowest BCUT2D eigenvalue weighted by atomic mass is 10.3. The van der Waals surface area contributed by atoms with Crippen molar-refractivity contribution in [3.05, 3.63) is 24.3 Å². The molecule has 0 fully saturated rings. The normalized spacial score (nSPS) is 10.2. The van der Waals surface area contributed by atoms with Crippen LogP contribution in [0.2, 0.25) is 0 Å². The molecule has 1 aromatic rings. The number of hydrogen-bond acceptors (Lipinski definition) is 3. The SMILES string of the molecule is CCCCOCCCNC(=O)Nc1ccccc1S. The molecule has 0 aliphatic rings. The molecule has 0 unspecified atom stereocenters. The van der Waals surface area contributed by atoms with Crippen molar-refractivity contribution >= 4 is 24.3 Å². The standard InChI is InChI=1S/C14H22N2O2S/c1-2-3-10-18-11-6-9-15-14(17)16-12-7-4-5-8-13(12)19/h4-5,7-8,19H,2-3,6,9-11H2,1H3,(H2,15,16,17). The number of benzene rings is 1. The maximum atomic E-state index is 11.6. The predicted octanol–water partition coefficient (Wildman–Crippen LogP) is 3.30. The van der Waals surface area contributed by atoms with Crippen LogP contribution in [0.1, 0.15) is 26.2 Å². The number of urea groups is 1. The van der Waals surface area contributed by atoms with Crippen LogP contribution < -0.4 is 10.6 Å². The van der Waals surface area contributed by atoms with Crippen LogP contribution in [0.15, 0.2) is 29.2 Å². The van der Waals surface area contributed by atoms with Crippen molar-refractivity contribution in [2.45, 2.75) is 31.1 Å². The van der Waals surface area contributed by atoms with Crippen molar-refractivity contribution in [2.75, 3.05) is 25.1 Å². The Morgan fingerprint density at radius 3 is 2.74 bits per heavy atom. The Morgan fingerprint density at radius 1 is 1.26 bits per heavy atom. The molecule has 5 heteroatoms. The number of thiol groups is 1. The summed E-state index contributed by atoms with van der Waals surface area (Å²) in [6.45, 7) is 4.22. The summed E-state index contributed by atoms with van der Waals surface area (Å²) in [7, 11) is 0. The average Bonchev–Trinajstić information content (AvgIpc) is 2.40. The van der Waals surface area contributed by atoms with Crippen LogP contribution in [-0.4, -0.2) is 25.8 Å². The molecule has 0 aliphatic heterocycles. The maximum absolute atomic E-state index is 11.6. The van der Waals surface area contributed by atoms with Crippen LogP contribution in [0.25, 0.3) is 0 Å². The Balaban J connectivity index is 2.10. The first kappa shape index (κ1) is 15.9. The van der Waals surface area contributed by atoms with E-state index in [1.807, 2.05) is 24.3 Å². The summed E-state index contributed by atoms with van der Waals surface area (Å²) in [6, 6.07) is 7.17. The highest BCUT2D eigenvalue weighted by Crippen LogP contribution is 2.17. The first-order valence-electron chi connectivity index (χ1n) is 6.64. The second-order valence-electron chi connectivity index (χ2n) is 4.22. The minimum Gasteiger partial charge on any atom is -0.381 e. The fraction of sp³-hybridized carbons (Fsp3) is 0.500. The van der Waals surface area contributed by atoms with E-state index in [9.17, 15) is 4.79 Å². The molecular formula is C14H22N2O2S. The van der Waals surface area contributed by atoms with E-state index in [4.69, 9.17) is 4.74 Å². The van der Waals surface area contributed by atoms with Gasteiger partial charge in [-0.15, -0.1) is 12.6 Å². The van der Waals surface area contributed by atoms with Crippen molar-refractivity contribution < 1.29 is 9.53 Å². The number of ether oxygens (including phenoxy) is 1. The third-order valence-corrected chi connectivity index (χ3v) is 2.94. The summed E-state index contributed by atoms with van der Waals surface area (Å²) < 4.78 is 5.41. The molecule has 0 bridgehead atoms. The lowest BCUT2D eigenvalue weighted by Gasteiger charge is -2.09. The fourth-order valence-corrected chi connectivity index (χ4v) is 1.69. The topological polar surface area (TPSA) is 50.4 Å². The number of amides is 2. The number of hydrogen-bond donors (Lipinski definition) is 3. The van der Waals surface area contributed by atoms with Crippen molar-refractivity contribution in [2.24, 2.45) is 0 Å². The third kappa shape index (κ3) is 7.08. The number of para-hydroxylation sites is 1. The molecule has 2 amide bonds. The molecular weight excluding hydrogens is 260 g/mol. The molecule has 1 aromatic carbocycles. The fourth-order valence-electron chi connectivity index (χ4n) is 1.47. The summed E-state index contributed by atoms with van der Waals surface area (Å²) in [5.41, 5.74) is 0.711. The molecule has 1 rings (SSSR count). The molecule has 4 nitrogen and oxygen atoms in total. The highest BCUT2D eigenvalue weighted by Gasteiger charge is 2.02. The van der Waals surface area contributed by atoms with Gasteiger partial charge in [0.2, 0.25) is 0 Å². The van der Waals surface area contributed by atoms with Gasteiger partial charge >= 0.3 is 6.03 Å². The van der Waals surface area contributed by atoms with Crippen LogP contribution in [0.4, 0.5) is 10.5 Å². The molecule has 0 atom stereocenters. The predicted molar refractivity (Wildman–Crippen MR) is 81.1 cm³/mol. The van der Waals surface area contributed by atoms with E-state index < -0.39 is 0 Å². The Kier molecular flexibility index (Phi) is 8.09. The summed E-state index contributed by atoms with van der Waals surface area (Å²) in [5, 5.41) is 5.54. The zero-order valence-corrected chi connectivity index (χ0v) is 12.2. The van der Waals surface area contributed by atoms with Gasteiger partial charge in [0.1, 0.15) is 0 Å². The molecule has 2 N–H and O–H groups in total. The number of carbonyl (C=O) groups is 1. The van der Waals surface area contributed by atoms with E-state index in [-0.39, 0.29) is 6.03 Å². The second kappa shape index (κ2) is 9.69. The molecule has 0 radical (unpaired) electrons. The molecule has 19 heavy (non-hydrogen) atoms. The third-order valence-electron chi connectivity index (χ3n) is 2.55. The zero-order chi connectivity index (χ0) is 13.9. The summed E-state index contributed by atoms with van der Waals surface area (Å²) in [6.07, 6.45) is 3.05.